The monoisotopic (exact) mass is 362 g/mol. The van der Waals surface area contributed by atoms with Crippen LogP contribution in [0.2, 0.25) is 0 Å². The van der Waals surface area contributed by atoms with E-state index in [-0.39, 0.29) is 24.9 Å². The van der Waals surface area contributed by atoms with Crippen LogP contribution in [0, 0.1) is 0 Å². The molecular weight excluding hydrogens is 344 g/mol. The number of aromatic carboxylic acids is 1. The van der Waals surface area contributed by atoms with Crippen LogP contribution >= 0.6 is 15.9 Å². The van der Waals surface area contributed by atoms with Gasteiger partial charge in [0.15, 0.2) is 0 Å². The number of methoxy groups -OCH3 is 1. The third-order valence-corrected chi connectivity index (χ3v) is 3.28. The quantitative estimate of drug-likeness (QED) is 0.698. The summed E-state index contributed by atoms with van der Waals surface area (Å²) in [6.45, 7) is 2.42. The number of halogens is 1. The Balaban J connectivity index is 2.44. The second kappa shape index (κ2) is 8.99. The Kier molecular flexibility index (Phi) is 7.66. The summed E-state index contributed by atoms with van der Waals surface area (Å²) in [4.78, 5) is 11.0. The topological polar surface area (TPSA) is 85.2 Å². The maximum atomic E-state index is 11.0. The van der Waals surface area contributed by atoms with E-state index in [4.69, 9.17) is 19.3 Å². The molecule has 118 valence electrons. The molecule has 1 aromatic rings. The number of hydrogen-bond donors (Lipinski definition) is 2. The molecule has 6 nitrogen and oxygen atoms in total. The molecule has 0 aliphatic heterocycles. The summed E-state index contributed by atoms with van der Waals surface area (Å²) >= 11 is 3.15. The van der Waals surface area contributed by atoms with E-state index in [1.807, 2.05) is 6.92 Å². The van der Waals surface area contributed by atoms with Gasteiger partial charge in [-0.25, -0.2) is 4.79 Å². The van der Waals surface area contributed by atoms with Gasteiger partial charge in [0, 0.05) is 11.6 Å². The van der Waals surface area contributed by atoms with Gasteiger partial charge in [0.25, 0.3) is 0 Å². The van der Waals surface area contributed by atoms with Gasteiger partial charge in [0.05, 0.1) is 24.9 Å². The highest BCUT2D eigenvalue weighted by Gasteiger charge is 2.12. The molecule has 2 unspecified atom stereocenters. The zero-order valence-electron chi connectivity index (χ0n) is 11.9. The fraction of sp³-hybridized carbons (Fsp3) is 0.500. The van der Waals surface area contributed by atoms with Crippen LogP contribution in [0.15, 0.2) is 22.7 Å². The smallest absolute Gasteiger partial charge is 0.336 e. The summed E-state index contributed by atoms with van der Waals surface area (Å²) in [7, 11) is 1.58. The van der Waals surface area contributed by atoms with Crippen LogP contribution in [-0.4, -0.2) is 55.3 Å². The van der Waals surface area contributed by atoms with Gasteiger partial charge in [-0.1, -0.05) is 0 Å². The second-order valence-electron chi connectivity index (χ2n) is 4.51. The average molecular weight is 363 g/mol. The van der Waals surface area contributed by atoms with Crippen molar-refractivity contribution in [2.75, 3.05) is 26.9 Å². The first-order valence-corrected chi connectivity index (χ1v) is 7.17. The first kappa shape index (κ1) is 17.9. The highest BCUT2D eigenvalue weighted by Crippen LogP contribution is 2.22. The second-order valence-corrected chi connectivity index (χ2v) is 5.37. The van der Waals surface area contributed by atoms with Crippen molar-refractivity contribution in [1.29, 1.82) is 0 Å². The van der Waals surface area contributed by atoms with Crippen molar-refractivity contribution >= 4 is 21.9 Å². The van der Waals surface area contributed by atoms with Crippen LogP contribution in [0.4, 0.5) is 0 Å². The number of ether oxygens (including phenoxy) is 3. The van der Waals surface area contributed by atoms with Gasteiger partial charge in [0.2, 0.25) is 0 Å². The maximum Gasteiger partial charge on any atom is 0.336 e. The van der Waals surface area contributed by atoms with Crippen molar-refractivity contribution in [2.45, 2.75) is 19.1 Å². The van der Waals surface area contributed by atoms with E-state index >= 15 is 0 Å². The predicted octanol–water partition coefficient (Wildman–Crippen LogP) is 1.94. The number of carboxylic acids is 1. The predicted molar refractivity (Wildman–Crippen MR) is 79.9 cm³/mol. The van der Waals surface area contributed by atoms with E-state index in [1.165, 1.54) is 6.07 Å². The van der Waals surface area contributed by atoms with Crippen molar-refractivity contribution in [3.63, 3.8) is 0 Å². The fourth-order valence-corrected chi connectivity index (χ4v) is 1.97. The van der Waals surface area contributed by atoms with Crippen molar-refractivity contribution in [3.05, 3.63) is 28.2 Å². The van der Waals surface area contributed by atoms with Crippen molar-refractivity contribution in [1.82, 2.24) is 0 Å². The number of rotatable bonds is 9. The van der Waals surface area contributed by atoms with Gasteiger partial charge in [-0.3, -0.25) is 0 Å². The molecule has 0 heterocycles. The Morgan fingerprint density at radius 1 is 1.33 bits per heavy atom. The van der Waals surface area contributed by atoms with Crippen LogP contribution in [-0.2, 0) is 9.47 Å². The van der Waals surface area contributed by atoms with E-state index in [2.05, 4.69) is 15.9 Å². The molecule has 0 aliphatic rings. The minimum absolute atomic E-state index is 0.0143. The molecule has 0 spiro atoms. The lowest BCUT2D eigenvalue weighted by atomic mass is 10.2. The summed E-state index contributed by atoms with van der Waals surface area (Å²) in [6.07, 6.45) is -0.919. The minimum atomic E-state index is -1.05. The van der Waals surface area contributed by atoms with E-state index in [0.717, 1.165) is 0 Å². The van der Waals surface area contributed by atoms with Gasteiger partial charge in [-0.15, -0.1) is 0 Å². The van der Waals surface area contributed by atoms with Gasteiger partial charge in [0.1, 0.15) is 18.5 Å². The van der Waals surface area contributed by atoms with Crippen molar-refractivity contribution < 1.29 is 29.2 Å². The normalized spacial score (nSPS) is 13.7. The van der Waals surface area contributed by atoms with Gasteiger partial charge < -0.3 is 24.4 Å². The van der Waals surface area contributed by atoms with E-state index in [0.29, 0.717) is 16.8 Å². The van der Waals surface area contributed by atoms with Gasteiger partial charge in [-0.05, 0) is 41.1 Å². The minimum Gasteiger partial charge on any atom is -0.491 e. The summed E-state index contributed by atoms with van der Waals surface area (Å²) in [6, 6.07) is 4.60. The lowest BCUT2D eigenvalue weighted by molar-refractivity contribution is -0.0423. The number of carbonyl (C=O) groups is 1. The van der Waals surface area contributed by atoms with Gasteiger partial charge >= 0.3 is 5.97 Å². The molecule has 0 aromatic heterocycles. The zero-order valence-corrected chi connectivity index (χ0v) is 13.5. The third kappa shape index (κ3) is 6.43. The number of carboxylic acid groups (broad SMARTS) is 1. The first-order chi connectivity index (χ1) is 9.93. The Morgan fingerprint density at radius 3 is 2.67 bits per heavy atom. The number of aliphatic hydroxyl groups excluding tert-OH is 1. The van der Waals surface area contributed by atoms with Crippen LogP contribution in [0.1, 0.15) is 17.3 Å². The largest absolute Gasteiger partial charge is 0.491 e. The fourth-order valence-electron chi connectivity index (χ4n) is 1.56. The summed E-state index contributed by atoms with van der Waals surface area (Å²) in [5.74, 6) is -0.677. The molecule has 0 fully saturated rings. The van der Waals surface area contributed by atoms with Crippen LogP contribution in [0.25, 0.3) is 0 Å². The number of aliphatic hydroxyl groups is 1. The maximum absolute atomic E-state index is 11.0. The molecule has 21 heavy (non-hydrogen) atoms. The highest BCUT2D eigenvalue weighted by atomic mass is 79.9. The lowest BCUT2D eigenvalue weighted by Gasteiger charge is -2.16. The Bertz CT molecular complexity index is 465. The van der Waals surface area contributed by atoms with Crippen LogP contribution in [0.5, 0.6) is 5.75 Å². The van der Waals surface area contributed by atoms with E-state index in [9.17, 15) is 9.90 Å². The molecular formula is C14H19BrO6. The van der Waals surface area contributed by atoms with Crippen molar-refractivity contribution in [3.8, 4) is 5.75 Å². The number of benzene rings is 1. The van der Waals surface area contributed by atoms with E-state index in [1.54, 1.807) is 19.2 Å². The Hall–Kier alpha value is -1.15. The van der Waals surface area contributed by atoms with Crippen molar-refractivity contribution in [2.24, 2.45) is 0 Å². The van der Waals surface area contributed by atoms with Crippen LogP contribution < -0.4 is 4.74 Å². The molecule has 1 aromatic carbocycles. The number of hydrogen-bond acceptors (Lipinski definition) is 5. The SMILES string of the molecule is COCC(C)OCC(O)COc1ccc(Br)c(C(=O)O)c1. The third-order valence-electron chi connectivity index (χ3n) is 2.59. The summed E-state index contributed by atoms with van der Waals surface area (Å²) in [5, 5.41) is 18.7. The average Bonchev–Trinajstić information content (AvgIpc) is 2.44. The molecule has 2 N–H and O–H groups in total. The summed E-state index contributed by atoms with van der Waals surface area (Å²) in [5.41, 5.74) is 0.104. The standard InChI is InChI=1S/C14H19BrO6/c1-9(6-19-2)20-7-10(16)8-21-11-3-4-13(15)12(5-11)14(17)18/h3-5,9-10,16H,6-8H2,1-2H3,(H,17,18). The lowest BCUT2D eigenvalue weighted by Crippen LogP contribution is -2.27. The zero-order chi connectivity index (χ0) is 15.8. The molecule has 0 amide bonds. The summed E-state index contributed by atoms with van der Waals surface area (Å²) < 4.78 is 16.1. The van der Waals surface area contributed by atoms with Crippen LogP contribution in [0.3, 0.4) is 0 Å². The Labute approximate surface area is 131 Å². The molecule has 1 rings (SSSR count). The van der Waals surface area contributed by atoms with Gasteiger partial charge in [-0.2, -0.15) is 0 Å². The highest BCUT2D eigenvalue weighted by molar-refractivity contribution is 9.10. The molecule has 0 radical (unpaired) electrons. The molecule has 0 bridgehead atoms. The van der Waals surface area contributed by atoms with E-state index < -0.39 is 12.1 Å². The molecule has 2 atom stereocenters. The molecule has 0 aliphatic carbocycles. The molecule has 7 heteroatoms. The molecule has 0 saturated heterocycles. The Morgan fingerprint density at radius 2 is 2.05 bits per heavy atom. The molecule has 0 saturated carbocycles. The first-order valence-electron chi connectivity index (χ1n) is 6.38.